The molecule has 228 valence electrons. The molecule has 2 rings (SSSR count). The first-order valence-corrected chi connectivity index (χ1v) is 14.5. The van der Waals surface area contributed by atoms with Crippen molar-refractivity contribution in [3.63, 3.8) is 0 Å². The van der Waals surface area contributed by atoms with Crippen LogP contribution in [0.4, 0.5) is 35.7 Å². The highest BCUT2D eigenvalue weighted by Crippen LogP contribution is 2.10. The van der Waals surface area contributed by atoms with Gasteiger partial charge in [0.2, 0.25) is 35.7 Å². The van der Waals surface area contributed by atoms with Gasteiger partial charge in [0.05, 0.1) is 13.1 Å². The fourth-order valence-corrected chi connectivity index (χ4v) is 2.43. The average molecular weight is 595 g/mol. The fraction of sp³-hybridized carbons (Fsp3) is 0.583. The van der Waals surface area contributed by atoms with Gasteiger partial charge in [0, 0.05) is 26.2 Å². The largest absolute Gasteiger partial charge is 0.394 e. The zero-order valence-electron chi connectivity index (χ0n) is 24.0. The molecule has 2 aromatic heterocycles. The lowest BCUT2D eigenvalue weighted by Crippen LogP contribution is -2.13. The van der Waals surface area contributed by atoms with E-state index in [1.54, 1.807) is 0 Å². The molecule has 17 heteroatoms. The Hall–Kier alpha value is -4.19. The molecule has 2 aromatic rings. The van der Waals surface area contributed by atoms with Crippen LogP contribution in [0.1, 0.15) is 53.4 Å². The quantitative estimate of drug-likeness (QED) is 0.103. The van der Waals surface area contributed by atoms with E-state index in [1.165, 1.54) is 0 Å². The van der Waals surface area contributed by atoms with Crippen LogP contribution in [0.2, 0.25) is 0 Å². The fourth-order valence-electron chi connectivity index (χ4n) is 2.43. The maximum Gasteiger partial charge on any atom is 0.394 e. The maximum atomic E-state index is 8.74. The summed E-state index contributed by atoms with van der Waals surface area (Å²) in [4.78, 5) is 25.5. The number of rotatable bonds is 16. The predicted molar refractivity (Wildman–Crippen MR) is 164 cm³/mol. The summed E-state index contributed by atoms with van der Waals surface area (Å²) in [7, 11) is -4.67. The van der Waals surface area contributed by atoms with E-state index < -0.39 is 10.4 Å². The second kappa shape index (κ2) is 22.6. The molecule has 0 spiro atoms. The molecular weight excluding hydrogens is 552 g/mol. The molecule has 0 bridgehead atoms. The zero-order chi connectivity index (χ0) is 30.9. The predicted octanol–water partition coefficient (Wildman–Crippen LogP) is 2.47. The van der Waals surface area contributed by atoms with E-state index in [0.717, 1.165) is 51.9 Å². The molecule has 16 nitrogen and oxygen atoms in total. The summed E-state index contributed by atoms with van der Waals surface area (Å²) in [6, 6.07) is 0. The number of anilines is 6. The first kappa shape index (κ1) is 36.8. The van der Waals surface area contributed by atoms with Gasteiger partial charge >= 0.3 is 10.4 Å². The molecule has 8 N–H and O–H groups in total. The Labute approximate surface area is 242 Å². The highest BCUT2D eigenvalue weighted by Gasteiger charge is 2.06. The summed E-state index contributed by atoms with van der Waals surface area (Å²) in [6.07, 6.45) is 14.4. The van der Waals surface area contributed by atoms with Crippen molar-refractivity contribution in [2.24, 2.45) is 0 Å². The van der Waals surface area contributed by atoms with Crippen LogP contribution < -0.4 is 31.9 Å². The van der Waals surface area contributed by atoms with E-state index in [2.05, 4.69) is 101 Å². The van der Waals surface area contributed by atoms with Gasteiger partial charge in [0.15, 0.2) is 0 Å². The van der Waals surface area contributed by atoms with Crippen LogP contribution in [0.5, 0.6) is 0 Å². The third-order valence-electron chi connectivity index (χ3n) is 4.10. The summed E-state index contributed by atoms with van der Waals surface area (Å²) < 4.78 is 31.6. The Balaban J connectivity index is 0.000000671. The lowest BCUT2D eigenvalue weighted by molar-refractivity contribution is 0.381. The third-order valence-corrected chi connectivity index (χ3v) is 4.10. The van der Waals surface area contributed by atoms with Crippen molar-refractivity contribution in [2.75, 3.05) is 71.2 Å². The zero-order valence-corrected chi connectivity index (χ0v) is 24.8. The van der Waals surface area contributed by atoms with Gasteiger partial charge in [0.1, 0.15) is 0 Å². The first-order chi connectivity index (χ1) is 19.6. The molecule has 0 fully saturated rings. The van der Waals surface area contributed by atoms with E-state index in [4.69, 9.17) is 30.4 Å². The van der Waals surface area contributed by atoms with Crippen LogP contribution in [0, 0.1) is 24.7 Å². The van der Waals surface area contributed by atoms with E-state index in [9.17, 15) is 0 Å². The summed E-state index contributed by atoms with van der Waals surface area (Å²) in [5, 5.41) is 18.4. The highest BCUT2D eigenvalue weighted by molar-refractivity contribution is 7.79. The van der Waals surface area contributed by atoms with Gasteiger partial charge in [-0.05, 0) is 25.7 Å². The number of nitrogens with one attached hydrogen (secondary N) is 6. The van der Waals surface area contributed by atoms with Gasteiger partial charge in [-0.25, -0.2) is 0 Å². The molecule has 0 radical (unpaired) electrons. The summed E-state index contributed by atoms with van der Waals surface area (Å²) >= 11 is 0. The Bertz CT molecular complexity index is 1050. The molecule has 0 saturated heterocycles. The SMILES string of the molecule is C#CCNc1nc(NCCC)nc(NCCC)n1.C#CCNc1nc(NCCC)nc(NCCC)n1.O=S(=O)(O)O. The Kier molecular flexibility index (Phi) is 20.3. The summed E-state index contributed by atoms with van der Waals surface area (Å²) in [5.74, 6) is 8.19. The van der Waals surface area contributed by atoms with Gasteiger partial charge < -0.3 is 31.9 Å². The maximum absolute atomic E-state index is 8.74. The minimum Gasteiger partial charge on any atom is -0.354 e. The molecule has 0 aliphatic carbocycles. The molecule has 0 saturated carbocycles. The van der Waals surface area contributed by atoms with Gasteiger partial charge in [-0.15, -0.1) is 12.8 Å². The van der Waals surface area contributed by atoms with Crippen LogP contribution >= 0.6 is 0 Å². The molecule has 0 aliphatic heterocycles. The highest BCUT2D eigenvalue weighted by atomic mass is 32.3. The number of nitrogens with zero attached hydrogens (tertiary/aromatic N) is 6. The van der Waals surface area contributed by atoms with Gasteiger partial charge in [-0.2, -0.15) is 38.3 Å². The van der Waals surface area contributed by atoms with Crippen LogP contribution in [0.3, 0.4) is 0 Å². The van der Waals surface area contributed by atoms with Crippen LogP contribution in [-0.2, 0) is 10.4 Å². The summed E-state index contributed by atoms with van der Waals surface area (Å²) in [5.41, 5.74) is 0. The average Bonchev–Trinajstić information content (AvgIpc) is 2.94. The van der Waals surface area contributed by atoms with Crippen LogP contribution in [0.15, 0.2) is 0 Å². The van der Waals surface area contributed by atoms with E-state index in [0.29, 0.717) is 48.8 Å². The van der Waals surface area contributed by atoms with Gasteiger partial charge in [-0.1, -0.05) is 39.5 Å². The lowest BCUT2D eigenvalue weighted by Gasteiger charge is -2.09. The monoisotopic (exact) mass is 594 g/mol. The molecule has 0 atom stereocenters. The van der Waals surface area contributed by atoms with Crippen molar-refractivity contribution < 1.29 is 17.5 Å². The standard InChI is InChI=1S/2C12H20N6.H2O4S/c2*1-4-7-13-10-16-11(14-8-5-2)18-12(17-10)15-9-6-3;1-5(2,3)4/h2*1H,5-9H2,2-3H3,(H3,13,14,15,16,17,18);(H2,1,2,3,4). The second-order valence-electron chi connectivity index (χ2n) is 7.88. The molecular formula is C24H42N12O4S. The number of hydrogen-bond donors (Lipinski definition) is 8. The topological polar surface area (TPSA) is 224 Å². The normalized spacial score (nSPS) is 9.85. The van der Waals surface area contributed by atoms with Crippen LogP contribution in [-0.4, -0.2) is 86.7 Å². The first-order valence-electron chi connectivity index (χ1n) is 13.1. The minimum absolute atomic E-state index is 0.393. The van der Waals surface area contributed by atoms with Crippen molar-refractivity contribution in [2.45, 2.75) is 53.4 Å². The van der Waals surface area contributed by atoms with E-state index >= 15 is 0 Å². The third kappa shape index (κ3) is 21.3. The van der Waals surface area contributed by atoms with Gasteiger partial charge in [-0.3, -0.25) is 9.11 Å². The van der Waals surface area contributed by atoms with Crippen molar-refractivity contribution in [1.82, 2.24) is 29.9 Å². The number of terminal acetylenes is 2. The van der Waals surface area contributed by atoms with Crippen molar-refractivity contribution >= 4 is 46.1 Å². The second-order valence-corrected chi connectivity index (χ2v) is 8.78. The molecule has 0 amide bonds. The minimum atomic E-state index is -4.67. The molecule has 2 heterocycles. The number of aromatic nitrogens is 6. The van der Waals surface area contributed by atoms with Crippen molar-refractivity contribution in [3.8, 4) is 24.7 Å². The van der Waals surface area contributed by atoms with Gasteiger partial charge in [0.25, 0.3) is 0 Å². The van der Waals surface area contributed by atoms with Crippen molar-refractivity contribution in [3.05, 3.63) is 0 Å². The number of hydrogen-bond acceptors (Lipinski definition) is 14. The Morgan fingerprint density at radius 3 is 0.902 bits per heavy atom. The van der Waals surface area contributed by atoms with E-state index in [1.807, 2.05) is 0 Å². The molecule has 0 aliphatic rings. The molecule has 41 heavy (non-hydrogen) atoms. The smallest absolute Gasteiger partial charge is 0.354 e. The molecule has 0 unspecified atom stereocenters. The Morgan fingerprint density at radius 2 is 0.732 bits per heavy atom. The lowest BCUT2D eigenvalue weighted by atomic mass is 10.5. The van der Waals surface area contributed by atoms with Crippen molar-refractivity contribution in [1.29, 1.82) is 0 Å². The Morgan fingerprint density at radius 1 is 0.537 bits per heavy atom. The van der Waals surface area contributed by atoms with Crippen LogP contribution in [0.25, 0.3) is 0 Å². The van der Waals surface area contributed by atoms with E-state index in [-0.39, 0.29) is 0 Å². The molecule has 0 aromatic carbocycles. The summed E-state index contributed by atoms with van der Waals surface area (Å²) in [6.45, 7) is 12.4.